The molecular weight excluding hydrogens is 470 g/mol. The summed E-state index contributed by atoms with van der Waals surface area (Å²) in [6, 6.07) is 46.6. The van der Waals surface area contributed by atoms with E-state index in [1.807, 2.05) is 0 Å². The summed E-state index contributed by atoms with van der Waals surface area (Å²) in [6.07, 6.45) is 6.77. The molecule has 0 amide bonds. The highest BCUT2D eigenvalue weighted by Crippen LogP contribution is 2.42. The number of rotatable bonds is 3. The smallest absolute Gasteiger partial charge is 0.0547 e. The van der Waals surface area contributed by atoms with E-state index in [4.69, 9.17) is 0 Å². The maximum Gasteiger partial charge on any atom is 0.0547 e. The van der Waals surface area contributed by atoms with Gasteiger partial charge in [0.1, 0.15) is 0 Å². The minimum atomic E-state index is 1.07. The van der Waals surface area contributed by atoms with Crippen molar-refractivity contribution in [3.05, 3.63) is 145 Å². The Balaban J connectivity index is 1.52. The van der Waals surface area contributed by atoms with Gasteiger partial charge in [-0.05, 0) is 87.3 Å². The third-order valence-corrected chi connectivity index (χ3v) is 8.21. The molecule has 0 atom stereocenters. The van der Waals surface area contributed by atoms with Crippen molar-refractivity contribution in [2.24, 2.45) is 0 Å². The normalized spacial score (nSPS) is 12.8. The molecule has 0 bridgehead atoms. The van der Waals surface area contributed by atoms with Gasteiger partial charge in [-0.25, -0.2) is 0 Å². The van der Waals surface area contributed by atoms with Crippen molar-refractivity contribution < 1.29 is 0 Å². The molecule has 0 saturated heterocycles. The van der Waals surface area contributed by atoms with Gasteiger partial charge in [-0.2, -0.15) is 0 Å². The molecule has 184 valence electrons. The molecule has 1 aliphatic rings. The molecule has 0 N–H and O–H groups in total. The predicted octanol–water partition coefficient (Wildman–Crippen LogP) is 10.2. The van der Waals surface area contributed by atoms with Crippen molar-refractivity contribution in [2.45, 2.75) is 12.8 Å². The lowest BCUT2D eigenvalue weighted by Crippen LogP contribution is -1.98. The maximum absolute atomic E-state index is 2.49. The molecule has 0 radical (unpaired) electrons. The minimum absolute atomic E-state index is 1.07. The fourth-order valence-corrected chi connectivity index (χ4v) is 6.43. The van der Waals surface area contributed by atoms with E-state index in [1.165, 1.54) is 71.6 Å². The first kappa shape index (κ1) is 22.1. The average Bonchev–Trinajstić information content (AvgIpc) is 3.37. The number of nitrogens with zero attached hydrogens (tertiary/aromatic N) is 1. The molecular formula is C38H27N. The largest absolute Gasteiger partial charge is 0.309 e. The highest BCUT2D eigenvalue weighted by Gasteiger charge is 2.20. The first-order chi connectivity index (χ1) is 19.3. The lowest BCUT2D eigenvalue weighted by molar-refractivity contribution is 0.997. The molecule has 1 aliphatic carbocycles. The standard InChI is InChI=1S/C38H27N/c1-3-11-26(12-4-1)30-23-31(27-13-5-2-6-14-27)25-32(24-30)39-35-21-19-28-15-7-9-17-33(28)37(35)38-34-18-10-8-16-29(34)20-22-36(38)39/h1-9,11-17,19-25H,10,18H2. The third kappa shape index (κ3) is 3.55. The predicted molar refractivity (Wildman–Crippen MR) is 167 cm³/mol. The van der Waals surface area contributed by atoms with E-state index in [0.29, 0.717) is 0 Å². The lowest BCUT2D eigenvalue weighted by atomic mass is 9.92. The summed E-state index contributed by atoms with van der Waals surface area (Å²) in [6.45, 7) is 0. The highest BCUT2D eigenvalue weighted by atomic mass is 15.0. The van der Waals surface area contributed by atoms with Crippen molar-refractivity contribution in [2.75, 3.05) is 0 Å². The van der Waals surface area contributed by atoms with Crippen LogP contribution in [0, 0.1) is 0 Å². The van der Waals surface area contributed by atoms with Gasteiger partial charge in [-0.15, -0.1) is 0 Å². The van der Waals surface area contributed by atoms with Crippen LogP contribution in [-0.4, -0.2) is 4.57 Å². The Labute approximate surface area is 228 Å². The van der Waals surface area contributed by atoms with E-state index < -0.39 is 0 Å². The van der Waals surface area contributed by atoms with Crippen molar-refractivity contribution in [3.8, 4) is 27.9 Å². The Morgan fingerprint density at radius 1 is 0.513 bits per heavy atom. The van der Waals surface area contributed by atoms with Gasteiger partial charge < -0.3 is 4.57 Å². The van der Waals surface area contributed by atoms with Crippen molar-refractivity contribution >= 4 is 38.7 Å². The molecule has 0 spiro atoms. The van der Waals surface area contributed by atoms with Gasteiger partial charge in [-0.1, -0.05) is 109 Å². The molecule has 0 fully saturated rings. The number of benzene rings is 6. The molecule has 1 heterocycles. The van der Waals surface area contributed by atoms with Gasteiger partial charge >= 0.3 is 0 Å². The van der Waals surface area contributed by atoms with Gasteiger partial charge in [0.15, 0.2) is 0 Å². The Morgan fingerprint density at radius 2 is 1.15 bits per heavy atom. The van der Waals surface area contributed by atoms with Gasteiger partial charge in [0, 0.05) is 16.5 Å². The van der Waals surface area contributed by atoms with E-state index in [2.05, 4.69) is 144 Å². The number of allylic oxidation sites excluding steroid dienone is 1. The van der Waals surface area contributed by atoms with Gasteiger partial charge in [0.2, 0.25) is 0 Å². The molecule has 7 aromatic rings. The van der Waals surface area contributed by atoms with Crippen LogP contribution >= 0.6 is 0 Å². The fraction of sp³-hybridized carbons (Fsp3) is 0.0526. The second-order valence-electron chi connectivity index (χ2n) is 10.5. The first-order valence-electron chi connectivity index (χ1n) is 13.8. The van der Waals surface area contributed by atoms with Crippen LogP contribution in [0.5, 0.6) is 0 Å². The monoisotopic (exact) mass is 497 g/mol. The van der Waals surface area contributed by atoms with Crippen LogP contribution in [0.4, 0.5) is 0 Å². The van der Waals surface area contributed by atoms with Crippen LogP contribution in [0.1, 0.15) is 17.5 Å². The zero-order valence-electron chi connectivity index (χ0n) is 21.6. The van der Waals surface area contributed by atoms with Crippen LogP contribution in [0.3, 0.4) is 0 Å². The Bertz CT molecular complexity index is 1980. The molecule has 0 saturated carbocycles. The minimum Gasteiger partial charge on any atom is -0.309 e. The Kier molecular flexibility index (Phi) is 5.03. The molecule has 39 heavy (non-hydrogen) atoms. The molecule has 1 heteroatoms. The van der Waals surface area contributed by atoms with Crippen molar-refractivity contribution in [3.63, 3.8) is 0 Å². The van der Waals surface area contributed by atoms with Crippen LogP contribution in [0.15, 0.2) is 133 Å². The number of hydrogen-bond donors (Lipinski definition) is 0. The summed E-state index contributed by atoms with van der Waals surface area (Å²) in [5.41, 5.74) is 11.5. The second kappa shape index (κ2) is 8.85. The highest BCUT2D eigenvalue weighted by molar-refractivity contribution is 6.22. The van der Waals surface area contributed by atoms with Crippen molar-refractivity contribution in [1.82, 2.24) is 4.57 Å². The molecule has 6 aromatic carbocycles. The molecule has 1 aromatic heterocycles. The molecule has 8 rings (SSSR count). The summed E-state index contributed by atoms with van der Waals surface area (Å²) in [4.78, 5) is 0. The van der Waals surface area contributed by atoms with E-state index in [9.17, 15) is 0 Å². The Morgan fingerprint density at radius 3 is 1.90 bits per heavy atom. The van der Waals surface area contributed by atoms with Crippen LogP contribution in [-0.2, 0) is 6.42 Å². The number of aryl methyl sites for hydroxylation is 1. The summed E-state index contributed by atoms with van der Waals surface area (Å²) in [5.74, 6) is 0. The van der Waals surface area contributed by atoms with Crippen LogP contribution in [0.25, 0.3) is 66.6 Å². The number of aromatic nitrogens is 1. The van der Waals surface area contributed by atoms with Gasteiger partial charge in [0.05, 0.1) is 11.0 Å². The summed E-state index contributed by atoms with van der Waals surface area (Å²) in [5, 5.41) is 5.37. The van der Waals surface area contributed by atoms with E-state index in [-0.39, 0.29) is 0 Å². The maximum atomic E-state index is 2.49. The molecule has 1 nitrogen and oxygen atoms in total. The van der Waals surface area contributed by atoms with Gasteiger partial charge in [-0.3, -0.25) is 0 Å². The van der Waals surface area contributed by atoms with Gasteiger partial charge in [0.25, 0.3) is 0 Å². The second-order valence-corrected chi connectivity index (χ2v) is 10.5. The van der Waals surface area contributed by atoms with E-state index in [0.717, 1.165) is 12.8 Å². The average molecular weight is 498 g/mol. The van der Waals surface area contributed by atoms with Crippen LogP contribution in [0.2, 0.25) is 0 Å². The zero-order valence-corrected chi connectivity index (χ0v) is 21.6. The fourth-order valence-electron chi connectivity index (χ4n) is 6.43. The molecule has 0 aliphatic heterocycles. The van der Waals surface area contributed by atoms with Crippen molar-refractivity contribution in [1.29, 1.82) is 0 Å². The quantitative estimate of drug-likeness (QED) is 0.229. The lowest BCUT2D eigenvalue weighted by Gasteiger charge is -2.15. The number of fused-ring (bicyclic) bond motifs is 7. The SMILES string of the molecule is C1=Cc2ccc3c(c2CC1)c1c2ccccc2ccc1n3-c1cc(-c2ccccc2)cc(-c2ccccc2)c1. The van der Waals surface area contributed by atoms with E-state index in [1.54, 1.807) is 0 Å². The summed E-state index contributed by atoms with van der Waals surface area (Å²) < 4.78 is 2.49. The van der Waals surface area contributed by atoms with Crippen LogP contribution < -0.4 is 0 Å². The summed E-state index contributed by atoms with van der Waals surface area (Å²) >= 11 is 0. The summed E-state index contributed by atoms with van der Waals surface area (Å²) in [7, 11) is 0. The third-order valence-electron chi connectivity index (χ3n) is 8.21. The molecule has 0 unspecified atom stereocenters. The topological polar surface area (TPSA) is 4.93 Å². The number of hydrogen-bond acceptors (Lipinski definition) is 0. The first-order valence-corrected chi connectivity index (χ1v) is 13.8. The van der Waals surface area contributed by atoms with E-state index >= 15 is 0 Å². The zero-order chi connectivity index (χ0) is 25.8. The Hall–Kier alpha value is -4.88.